The molecule has 102 valence electrons. The van der Waals surface area contributed by atoms with E-state index in [-0.39, 0.29) is 17.1 Å². The third-order valence-corrected chi connectivity index (χ3v) is 2.39. The Morgan fingerprint density at radius 2 is 1.89 bits per heavy atom. The monoisotopic (exact) mass is 261 g/mol. The average Bonchev–Trinajstić information content (AvgIpc) is 2.33. The molecule has 0 saturated heterocycles. The lowest BCUT2D eigenvalue weighted by molar-refractivity contribution is -0.120. The van der Waals surface area contributed by atoms with E-state index < -0.39 is 0 Å². The van der Waals surface area contributed by atoms with Gasteiger partial charge >= 0.3 is 0 Å². The van der Waals surface area contributed by atoms with E-state index in [9.17, 15) is 9.18 Å². The molecule has 2 nitrogen and oxygen atoms in total. The van der Waals surface area contributed by atoms with Crippen LogP contribution in [0, 0.1) is 23.1 Å². The third kappa shape index (κ3) is 7.25. The van der Waals surface area contributed by atoms with Gasteiger partial charge in [-0.2, -0.15) is 0 Å². The Bertz CT molecular complexity index is 474. The van der Waals surface area contributed by atoms with E-state index in [0.717, 1.165) is 5.56 Å². The van der Waals surface area contributed by atoms with Gasteiger partial charge in [0.15, 0.2) is 0 Å². The summed E-state index contributed by atoms with van der Waals surface area (Å²) in [6, 6.07) is 6.20. The van der Waals surface area contributed by atoms with Gasteiger partial charge in [-0.3, -0.25) is 4.79 Å². The van der Waals surface area contributed by atoms with E-state index in [1.807, 2.05) is 20.8 Å². The van der Waals surface area contributed by atoms with E-state index >= 15 is 0 Å². The number of hydrogen-bond acceptors (Lipinski definition) is 1. The number of benzene rings is 1. The van der Waals surface area contributed by atoms with Gasteiger partial charge in [0, 0.05) is 11.8 Å². The first-order valence-electron chi connectivity index (χ1n) is 6.38. The van der Waals surface area contributed by atoms with E-state index in [1.54, 1.807) is 12.1 Å². The standard InChI is InChI=1S/C16H20FNO/c1-16(2,3)11-4-12-18-15(19)10-7-13-5-8-14(17)9-6-13/h5-6,8-9H,7,10,12H2,1-3H3,(H,18,19). The lowest BCUT2D eigenvalue weighted by Gasteiger charge is -2.07. The molecule has 0 bridgehead atoms. The molecule has 0 aliphatic heterocycles. The molecule has 0 fully saturated rings. The molecule has 1 N–H and O–H groups in total. The quantitative estimate of drug-likeness (QED) is 0.830. The summed E-state index contributed by atoms with van der Waals surface area (Å²) in [5, 5.41) is 2.75. The predicted molar refractivity (Wildman–Crippen MR) is 75.0 cm³/mol. The van der Waals surface area contributed by atoms with Crippen LogP contribution < -0.4 is 5.32 Å². The van der Waals surface area contributed by atoms with Crippen LogP contribution in [0.2, 0.25) is 0 Å². The van der Waals surface area contributed by atoms with Crippen molar-refractivity contribution in [2.24, 2.45) is 5.41 Å². The van der Waals surface area contributed by atoms with Crippen LogP contribution in [0.4, 0.5) is 4.39 Å². The lowest BCUT2D eigenvalue weighted by atomic mass is 9.98. The Morgan fingerprint density at radius 3 is 2.47 bits per heavy atom. The van der Waals surface area contributed by atoms with Crippen molar-refractivity contribution >= 4 is 5.91 Å². The zero-order valence-electron chi connectivity index (χ0n) is 11.7. The second kappa shape index (κ2) is 6.94. The van der Waals surface area contributed by atoms with Crippen LogP contribution in [0.5, 0.6) is 0 Å². The van der Waals surface area contributed by atoms with Gasteiger partial charge in [-0.1, -0.05) is 24.0 Å². The molecule has 0 aliphatic carbocycles. The number of amides is 1. The van der Waals surface area contributed by atoms with Crippen LogP contribution in [0.1, 0.15) is 32.8 Å². The minimum absolute atomic E-state index is 0.0347. The molecule has 0 atom stereocenters. The van der Waals surface area contributed by atoms with E-state index in [2.05, 4.69) is 17.2 Å². The first-order valence-corrected chi connectivity index (χ1v) is 6.38. The van der Waals surface area contributed by atoms with Gasteiger partial charge in [0.25, 0.3) is 0 Å². The van der Waals surface area contributed by atoms with Crippen molar-refractivity contribution in [1.82, 2.24) is 5.32 Å². The Hall–Kier alpha value is -1.82. The van der Waals surface area contributed by atoms with E-state index in [0.29, 0.717) is 19.4 Å². The predicted octanol–water partition coefficient (Wildman–Crippen LogP) is 2.92. The Morgan fingerprint density at radius 1 is 1.26 bits per heavy atom. The molecule has 19 heavy (non-hydrogen) atoms. The van der Waals surface area contributed by atoms with Crippen molar-refractivity contribution in [3.8, 4) is 11.8 Å². The highest BCUT2D eigenvalue weighted by Crippen LogP contribution is 2.09. The second-order valence-electron chi connectivity index (χ2n) is 5.45. The maximum atomic E-state index is 12.7. The number of halogens is 1. The van der Waals surface area contributed by atoms with Gasteiger partial charge in [0.1, 0.15) is 5.82 Å². The minimum Gasteiger partial charge on any atom is -0.345 e. The fourth-order valence-electron chi connectivity index (χ4n) is 1.45. The maximum Gasteiger partial charge on any atom is 0.221 e. The molecular formula is C16H20FNO. The van der Waals surface area contributed by atoms with Crippen molar-refractivity contribution in [1.29, 1.82) is 0 Å². The molecule has 0 aromatic heterocycles. The van der Waals surface area contributed by atoms with Crippen molar-refractivity contribution < 1.29 is 9.18 Å². The summed E-state index contributed by atoms with van der Waals surface area (Å²) in [6.45, 7) is 6.45. The largest absolute Gasteiger partial charge is 0.345 e. The molecule has 1 amide bonds. The topological polar surface area (TPSA) is 29.1 Å². The summed E-state index contributed by atoms with van der Waals surface area (Å²) >= 11 is 0. The molecule has 0 radical (unpaired) electrons. The van der Waals surface area contributed by atoms with Crippen LogP contribution >= 0.6 is 0 Å². The number of aryl methyl sites for hydroxylation is 1. The van der Waals surface area contributed by atoms with Crippen molar-refractivity contribution in [2.75, 3.05) is 6.54 Å². The molecule has 0 saturated carbocycles. The first kappa shape index (κ1) is 15.2. The number of rotatable bonds is 4. The molecule has 0 spiro atoms. The molecule has 1 rings (SSSR count). The fourth-order valence-corrected chi connectivity index (χ4v) is 1.45. The molecule has 1 aromatic carbocycles. The summed E-state index contributed by atoms with van der Waals surface area (Å²) in [7, 11) is 0. The SMILES string of the molecule is CC(C)(C)C#CCNC(=O)CCc1ccc(F)cc1. The summed E-state index contributed by atoms with van der Waals surface area (Å²) in [5.74, 6) is 5.69. The molecular weight excluding hydrogens is 241 g/mol. The van der Waals surface area contributed by atoms with Crippen molar-refractivity contribution in [2.45, 2.75) is 33.6 Å². The van der Waals surface area contributed by atoms with Gasteiger partial charge in [0.05, 0.1) is 6.54 Å². The van der Waals surface area contributed by atoms with E-state index in [4.69, 9.17) is 0 Å². The van der Waals surface area contributed by atoms with Gasteiger partial charge < -0.3 is 5.32 Å². The molecule has 3 heteroatoms. The molecule has 0 heterocycles. The normalized spacial score (nSPS) is 10.5. The number of carbonyl (C=O) groups is 1. The van der Waals surface area contributed by atoms with E-state index in [1.165, 1.54) is 12.1 Å². The average molecular weight is 261 g/mol. The maximum absolute atomic E-state index is 12.7. The van der Waals surface area contributed by atoms with Crippen LogP contribution in [-0.2, 0) is 11.2 Å². The van der Waals surface area contributed by atoms with Crippen LogP contribution in [-0.4, -0.2) is 12.5 Å². The fraction of sp³-hybridized carbons (Fsp3) is 0.438. The van der Waals surface area contributed by atoms with Crippen molar-refractivity contribution in [3.63, 3.8) is 0 Å². The van der Waals surface area contributed by atoms with Crippen LogP contribution in [0.3, 0.4) is 0 Å². The highest BCUT2D eigenvalue weighted by molar-refractivity contribution is 5.76. The first-order chi connectivity index (χ1) is 8.87. The molecule has 1 aromatic rings. The van der Waals surface area contributed by atoms with Gasteiger partial charge in [-0.15, -0.1) is 0 Å². The third-order valence-electron chi connectivity index (χ3n) is 2.39. The number of hydrogen-bond donors (Lipinski definition) is 1. The second-order valence-corrected chi connectivity index (χ2v) is 5.45. The summed E-state index contributed by atoms with van der Waals surface area (Å²) in [6.07, 6.45) is 1.00. The Labute approximate surface area is 114 Å². The number of carbonyl (C=O) groups excluding carboxylic acids is 1. The Balaban J connectivity index is 2.28. The van der Waals surface area contributed by atoms with Crippen molar-refractivity contribution in [3.05, 3.63) is 35.6 Å². The molecule has 0 unspecified atom stereocenters. The lowest BCUT2D eigenvalue weighted by Crippen LogP contribution is -2.24. The minimum atomic E-state index is -0.259. The van der Waals surface area contributed by atoms with Crippen LogP contribution in [0.15, 0.2) is 24.3 Å². The zero-order chi connectivity index (χ0) is 14.3. The summed E-state index contributed by atoms with van der Waals surface area (Å²) < 4.78 is 12.7. The molecule has 0 aliphatic rings. The van der Waals surface area contributed by atoms with Gasteiger partial charge in [-0.25, -0.2) is 4.39 Å². The van der Waals surface area contributed by atoms with Gasteiger partial charge in [0.2, 0.25) is 5.91 Å². The summed E-state index contributed by atoms with van der Waals surface area (Å²) in [4.78, 5) is 11.6. The van der Waals surface area contributed by atoms with Gasteiger partial charge in [-0.05, 0) is 44.9 Å². The van der Waals surface area contributed by atoms with Crippen LogP contribution in [0.25, 0.3) is 0 Å². The highest BCUT2D eigenvalue weighted by atomic mass is 19.1. The Kier molecular flexibility index (Phi) is 5.57. The number of nitrogens with one attached hydrogen (secondary N) is 1. The summed E-state index contributed by atoms with van der Waals surface area (Å²) in [5.41, 5.74) is 0.913. The highest BCUT2D eigenvalue weighted by Gasteiger charge is 2.04. The smallest absolute Gasteiger partial charge is 0.221 e. The zero-order valence-corrected chi connectivity index (χ0v) is 11.7.